The standard InChI is InChI=1S/C16H18N2O4S2/c1-12-11-18(8-9-22-12)16(19)13-4-6-14(7-5-13)17-24(20,21)15-3-2-10-23-15/h2-7,10,12,17H,8-9,11H2,1H3/t12-/m1/s1. The number of amides is 1. The minimum atomic E-state index is -3.57. The maximum Gasteiger partial charge on any atom is 0.271 e. The fourth-order valence-electron chi connectivity index (χ4n) is 2.49. The number of ether oxygens (including phenoxy) is 1. The molecule has 2 heterocycles. The Bertz CT molecular complexity index is 801. The normalized spacial score (nSPS) is 18.4. The van der Waals surface area contributed by atoms with Crippen LogP contribution in [0.2, 0.25) is 0 Å². The van der Waals surface area contributed by atoms with Crippen LogP contribution in [0.25, 0.3) is 0 Å². The number of nitrogens with one attached hydrogen (secondary N) is 1. The molecular formula is C16H18N2O4S2. The van der Waals surface area contributed by atoms with Crippen molar-refractivity contribution in [2.24, 2.45) is 0 Å². The highest BCUT2D eigenvalue weighted by Crippen LogP contribution is 2.21. The van der Waals surface area contributed by atoms with Crippen LogP contribution < -0.4 is 4.72 Å². The highest BCUT2D eigenvalue weighted by Gasteiger charge is 2.22. The van der Waals surface area contributed by atoms with E-state index >= 15 is 0 Å². The molecule has 0 radical (unpaired) electrons. The number of hydrogen-bond acceptors (Lipinski definition) is 5. The Hall–Kier alpha value is -1.90. The average molecular weight is 366 g/mol. The zero-order valence-corrected chi connectivity index (χ0v) is 14.8. The number of carbonyl (C=O) groups excluding carboxylic acids is 1. The van der Waals surface area contributed by atoms with Gasteiger partial charge in [-0.15, -0.1) is 11.3 Å². The van der Waals surface area contributed by atoms with Crippen molar-refractivity contribution in [3.63, 3.8) is 0 Å². The first kappa shape index (κ1) is 16.9. The van der Waals surface area contributed by atoms with Gasteiger partial charge in [0.2, 0.25) is 0 Å². The monoisotopic (exact) mass is 366 g/mol. The second kappa shape index (κ2) is 6.92. The Labute approximate surface area is 145 Å². The lowest BCUT2D eigenvalue weighted by atomic mass is 10.1. The Morgan fingerprint density at radius 1 is 1.29 bits per heavy atom. The van der Waals surface area contributed by atoms with Gasteiger partial charge in [0, 0.05) is 24.3 Å². The van der Waals surface area contributed by atoms with Crippen molar-refractivity contribution in [3.05, 3.63) is 47.3 Å². The number of hydrogen-bond donors (Lipinski definition) is 1. The molecule has 24 heavy (non-hydrogen) atoms. The number of morpholine rings is 1. The zero-order chi connectivity index (χ0) is 17.2. The minimum absolute atomic E-state index is 0.0274. The number of sulfonamides is 1. The minimum Gasteiger partial charge on any atom is -0.375 e. The van der Waals surface area contributed by atoms with Crippen LogP contribution in [-0.2, 0) is 14.8 Å². The van der Waals surface area contributed by atoms with Gasteiger partial charge in [0.05, 0.1) is 12.7 Å². The van der Waals surface area contributed by atoms with Gasteiger partial charge < -0.3 is 9.64 Å². The molecule has 8 heteroatoms. The van der Waals surface area contributed by atoms with Crippen molar-refractivity contribution in [2.75, 3.05) is 24.4 Å². The lowest BCUT2D eigenvalue weighted by Crippen LogP contribution is -2.44. The van der Waals surface area contributed by atoms with Crippen LogP contribution in [-0.4, -0.2) is 45.0 Å². The molecule has 0 spiro atoms. The molecule has 1 fully saturated rings. The van der Waals surface area contributed by atoms with Crippen molar-refractivity contribution >= 4 is 33.0 Å². The van der Waals surface area contributed by atoms with Crippen LogP contribution in [0.15, 0.2) is 46.0 Å². The van der Waals surface area contributed by atoms with Gasteiger partial charge in [0.1, 0.15) is 4.21 Å². The average Bonchev–Trinajstić information content (AvgIpc) is 3.10. The van der Waals surface area contributed by atoms with Crippen molar-refractivity contribution in [2.45, 2.75) is 17.2 Å². The second-order valence-corrected chi connectivity index (χ2v) is 8.40. The quantitative estimate of drug-likeness (QED) is 0.902. The van der Waals surface area contributed by atoms with Gasteiger partial charge in [-0.05, 0) is 42.6 Å². The summed E-state index contributed by atoms with van der Waals surface area (Å²) < 4.78 is 32.5. The second-order valence-electron chi connectivity index (χ2n) is 5.55. The smallest absolute Gasteiger partial charge is 0.271 e. The Morgan fingerprint density at radius 3 is 2.67 bits per heavy atom. The molecule has 1 aromatic carbocycles. The summed E-state index contributed by atoms with van der Waals surface area (Å²) in [5.41, 5.74) is 0.957. The van der Waals surface area contributed by atoms with Gasteiger partial charge in [-0.1, -0.05) is 6.07 Å². The van der Waals surface area contributed by atoms with E-state index in [9.17, 15) is 13.2 Å². The topological polar surface area (TPSA) is 75.7 Å². The number of thiophene rings is 1. The molecule has 2 aromatic rings. The molecule has 6 nitrogen and oxygen atoms in total. The summed E-state index contributed by atoms with van der Waals surface area (Å²) in [5, 5.41) is 1.71. The molecule has 1 amide bonds. The van der Waals surface area contributed by atoms with E-state index in [1.165, 1.54) is 0 Å². The maximum absolute atomic E-state index is 12.5. The molecule has 1 aliphatic heterocycles. The van der Waals surface area contributed by atoms with E-state index in [4.69, 9.17) is 4.74 Å². The Kier molecular flexibility index (Phi) is 4.88. The first-order valence-corrected chi connectivity index (χ1v) is 9.89. The highest BCUT2D eigenvalue weighted by atomic mass is 32.2. The SMILES string of the molecule is C[C@@H]1CN(C(=O)c2ccc(NS(=O)(=O)c3cccs3)cc2)CCO1. The molecule has 3 rings (SSSR count). The van der Waals surface area contributed by atoms with Gasteiger partial charge in [-0.2, -0.15) is 0 Å². The predicted octanol–water partition coefficient (Wildman–Crippen LogP) is 2.41. The van der Waals surface area contributed by atoms with E-state index in [2.05, 4.69) is 4.72 Å². The van der Waals surface area contributed by atoms with E-state index in [1.807, 2.05) is 6.92 Å². The summed E-state index contributed by atoms with van der Waals surface area (Å²) in [7, 11) is -3.57. The lowest BCUT2D eigenvalue weighted by Gasteiger charge is -2.31. The molecule has 1 atom stereocenters. The van der Waals surface area contributed by atoms with Gasteiger partial charge in [0.25, 0.3) is 15.9 Å². The first-order chi connectivity index (χ1) is 11.5. The summed E-state index contributed by atoms with van der Waals surface area (Å²) in [6, 6.07) is 9.70. The van der Waals surface area contributed by atoms with Crippen molar-refractivity contribution in [1.29, 1.82) is 0 Å². The van der Waals surface area contributed by atoms with Crippen LogP contribution in [0.1, 0.15) is 17.3 Å². The van der Waals surface area contributed by atoms with Crippen LogP contribution in [0.4, 0.5) is 5.69 Å². The first-order valence-electron chi connectivity index (χ1n) is 7.53. The zero-order valence-electron chi connectivity index (χ0n) is 13.1. The molecular weight excluding hydrogens is 348 g/mol. The summed E-state index contributed by atoms with van der Waals surface area (Å²) in [6.45, 7) is 3.59. The highest BCUT2D eigenvalue weighted by molar-refractivity contribution is 7.94. The van der Waals surface area contributed by atoms with E-state index in [-0.39, 0.29) is 16.2 Å². The van der Waals surface area contributed by atoms with Crippen molar-refractivity contribution in [3.8, 4) is 0 Å². The van der Waals surface area contributed by atoms with Crippen LogP contribution in [0.3, 0.4) is 0 Å². The van der Waals surface area contributed by atoms with Gasteiger partial charge in [-0.3, -0.25) is 9.52 Å². The number of carbonyl (C=O) groups is 1. The molecule has 1 aliphatic rings. The van der Waals surface area contributed by atoms with E-state index in [1.54, 1.807) is 46.7 Å². The summed E-state index contributed by atoms with van der Waals surface area (Å²) in [5.74, 6) is -0.0715. The fourth-order valence-corrected chi connectivity index (χ4v) is 4.54. The summed E-state index contributed by atoms with van der Waals surface area (Å²) in [4.78, 5) is 14.2. The molecule has 0 saturated carbocycles. The van der Waals surface area contributed by atoms with E-state index in [0.29, 0.717) is 30.9 Å². The Morgan fingerprint density at radius 2 is 2.04 bits per heavy atom. The van der Waals surface area contributed by atoms with Crippen LogP contribution in [0, 0.1) is 0 Å². The molecule has 0 aliphatic carbocycles. The third-order valence-electron chi connectivity index (χ3n) is 3.67. The predicted molar refractivity (Wildman–Crippen MR) is 92.9 cm³/mol. The van der Waals surface area contributed by atoms with E-state index < -0.39 is 10.0 Å². The van der Waals surface area contributed by atoms with Gasteiger partial charge in [-0.25, -0.2) is 8.42 Å². The number of rotatable bonds is 4. The molecule has 0 unspecified atom stereocenters. The Balaban J connectivity index is 1.70. The molecule has 1 aromatic heterocycles. The maximum atomic E-state index is 12.5. The molecule has 1 saturated heterocycles. The van der Waals surface area contributed by atoms with Gasteiger partial charge >= 0.3 is 0 Å². The molecule has 0 bridgehead atoms. The number of benzene rings is 1. The summed E-state index contributed by atoms with van der Waals surface area (Å²) >= 11 is 1.15. The largest absolute Gasteiger partial charge is 0.375 e. The van der Waals surface area contributed by atoms with Crippen LogP contribution >= 0.6 is 11.3 Å². The van der Waals surface area contributed by atoms with Crippen molar-refractivity contribution in [1.82, 2.24) is 4.90 Å². The lowest BCUT2D eigenvalue weighted by molar-refractivity contribution is -0.0124. The summed E-state index contributed by atoms with van der Waals surface area (Å²) in [6.07, 6.45) is 0.0274. The third-order valence-corrected chi connectivity index (χ3v) is 6.45. The number of anilines is 1. The molecule has 1 N–H and O–H groups in total. The van der Waals surface area contributed by atoms with E-state index in [0.717, 1.165) is 11.3 Å². The van der Waals surface area contributed by atoms with Crippen LogP contribution in [0.5, 0.6) is 0 Å². The molecule has 128 valence electrons. The fraction of sp³-hybridized carbons (Fsp3) is 0.312. The number of nitrogens with zero attached hydrogens (tertiary/aromatic N) is 1. The third kappa shape index (κ3) is 3.77. The van der Waals surface area contributed by atoms with Crippen molar-refractivity contribution < 1.29 is 17.9 Å². The van der Waals surface area contributed by atoms with Gasteiger partial charge in [0.15, 0.2) is 0 Å².